The second-order valence-corrected chi connectivity index (χ2v) is 4.97. The second kappa shape index (κ2) is 4.94. The van der Waals surface area contributed by atoms with Gasteiger partial charge >= 0.3 is 0 Å². The number of halogens is 1. The molecule has 1 aromatic carbocycles. The third-order valence-electron chi connectivity index (χ3n) is 2.45. The molecule has 0 radical (unpaired) electrons. The molecule has 0 aliphatic rings. The zero-order valence-corrected chi connectivity index (χ0v) is 10.5. The number of aliphatic hydroxyl groups is 1. The summed E-state index contributed by atoms with van der Waals surface area (Å²) in [7, 11) is 0. The maximum atomic E-state index is 9.09. The zero-order valence-electron chi connectivity index (χ0n) is 8.92. The van der Waals surface area contributed by atoms with E-state index in [1.165, 1.54) is 11.1 Å². The van der Waals surface area contributed by atoms with Crippen molar-refractivity contribution >= 4 is 15.9 Å². The fraction of sp³-hybridized carbons (Fsp3) is 0.500. The molecule has 14 heavy (non-hydrogen) atoms. The molecule has 1 atom stereocenters. The van der Waals surface area contributed by atoms with Gasteiger partial charge in [-0.1, -0.05) is 42.8 Å². The molecule has 1 unspecified atom stereocenters. The lowest BCUT2D eigenvalue weighted by Crippen LogP contribution is -2.00. The molecule has 2 heteroatoms. The van der Waals surface area contributed by atoms with E-state index >= 15 is 0 Å². The summed E-state index contributed by atoms with van der Waals surface area (Å²) in [5.41, 5.74) is 2.51. The molecule has 0 aliphatic heterocycles. The molecule has 0 aromatic heterocycles. The minimum atomic E-state index is 0.202. The van der Waals surface area contributed by atoms with Crippen LogP contribution in [0.15, 0.2) is 22.7 Å². The van der Waals surface area contributed by atoms with Gasteiger partial charge in [-0.3, -0.25) is 0 Å². The van der Waals surface area contributed by atoms with Crippen LogP contribution in [0.1, 0.15) is 43.7 Å². The van der Waals surface area contributed by atoms with Crippen LogP contribution in [0, 0.1) is 0 Å². The lowest BCUT2D eigenvalue weighted by Gasteiger charge is -2.13. The maximum absolute atomic E-state index is 9.09. The van der Waals surface area contributed by atoms with Crippen molar-refractivity contribution in [1.29, 1.82) is 0 Å². The van der Waals surface area contributed by atoms with Gasteiger partial charge in [-0.05, 0) is 29.2 Å². The first-order chi connectivity index (χ1) is 6.54. The molecule has 1 nitrogen and oxygen atoms in total. The Balaban J connectivity index is 3.07. The minimum absolute atomic E-state index is 0.202. The van der Waals surface area contributed by atoms with E-state index in [1.807, 2.05) is 6.92 Å². The summed E-state index contributed by atoms with van der Waals surface area (Å²) in [5, 5.41) is 9.09. The van der Waals surface area contributed by atoms with Crippen LogP contribution in [0.3, 0.4) is 0 Å². The molecule has 0 saturated heterocycles. The average Bonchev–Trinajstić information content (AvgIpc) is 2.15. The summed E-state index contributed by atoms with van der Waals surface area (Å²) in [4.78, 5) is 0. The van der Waals surface area contributed by atoms with Crippen molar-refractivity contribution < 1.29 is 5.11 Å². The molecule has 0 amide bonds. The van der Waals surface area contributed by atoms with Crippen LogP contribution in [0.2, 0.25) is 0 Å². The van der Waals surface area contributed by atoms with E-state index in [0.717, 1.165) is 4.47 Å². The van der Waals surface area contributed by atoms with Gasteiger partial charge in [0, 0.05) is 17.0 Å². The number of hydrogen-bond donors (Lipinski definition) is 1. The summed E-state index contributed by atoms with van der Waals surface area (Å²) in [6.07, 6.45) is 0. The van der Waals surface area contributed by atoms with Crippen molar-refractivity contribution in [3.63, 3.8) is 0 Å². The molecule has 0 saturated carbocycles. The Morgan fingerprint density at radius 2 is 1.71 bits per heavy atom. The zero-order chi connectivity index (χ0) is 10.7. The van der Waals surface area contributed by atoms with Crippen LogP contribution in [0.4, 0.5) is 0 Å². The molecule has 1 rings (SSSR count). The quantitative estimate of drug-likeness (QED) is 0.875. The SMILES string of the molecule is CC(C)c1cc(Br)cc(C(C)CO)c1. The van der Waals surface area contributed by atoms with Crippen LogP contribution in [-0.2, 0) is 0 Å². The van der Waals surface area contributed by atoms with Crippen LogP contribution in [0.25, 0.3) is 0 Å². The Morgan fingerprint density at radius 3 is 2.21 bits per heavy atom. The topological polar surface area (TPSA) is 20.2 Å². The maximum Gasteiger partial charge on any atom is 0.0497 e. The fourth-order valence-electron chi connectivity index (χ4n) is 1.36. The number of hydrogen-bond acceptors (Lipinski definition) is 1. The van der Waals surface area contributed by atoms with Crippen molar-refractivity contribution in [2.75, 3.05) is 6.61 Å². The number of rotatable bonds is 3. The monoisotopic (exact) mass is 256 g/mol. The Morgan fingerprint density at radius 1 is 1.14 bits per heavy atom. The van der Waals surface area contributed by atoms with Gasteiger partial charge in [0.2, 0.25) is 0 Å². The van der Waals surface area contributed by atoms with Gasteiger partial charge in [0.15, 0.2) is 0 Å². The van der Waals surface area contributed by atoms with Gasteiger partial charge in [-0.15, -0.1) is 0 Å². The van der Waals surface area contributed by atoms with E-state index in [0.29, 0.717) is 5.92 Å². The van der Waals surface area contributed by atoms with Crippen LogP contribution in [0.5, 0.6) is 0 Å². The molecule has 78 valence electrons. The van der Waals surface area contributed by atoms with Crippen molar-refractivity contribution in [2.45, 2.75) is 32.6 Å². The summed E-state index contributed by atoms with van der Waals surface area (Å²) in [6.45, 7) is 6.59. The highest BCUT2D eigenvalue weighted by Gasteiger charge is 2.08. The normalized spacial score (nSPS) is 13.3. The van der Waals surface area contributed by atoms with Crippen LogP contribution >= 0.6 is 15.9 Å². The van der Waals surface area contributed by atoms with Crippen molar-refractivity contribution in [2.24, 2.45) is 0 Å². The van der Waals surface area contributed by atoms with Crippen molar-refractivity contribution in [3.8, 4) is 0 Å². The lowest BCUT2D eigenvalue weighted by atomic mass is 9.95. The summed E-state index contributed by atoms with van der Waals surface area (Å²) in [5.74, 6) is 0.738. The van der Waals surface area contributed by atoms with Crippen LogP contribution in [-0.4, -0.2) is 11.7 Å². The molecular weight excluding hydrogens is 240 g/mol. The predicted molar refractivity (Wildman–Crippen MR) is 63.7 cm³/mol. The first-order valence-corrected chi connectivity index (χ1v) is 5.75. The largest absolute Gasteiger partial charge is 0.396 e. The first kappa shape index (κ1) is 11.7. The number of benzene rings is 1. The molecule has 0 spiro atoms. The molecule has 1 N–H and O–H groups in total. The van der Waals surface area contributed by atoms with Gasteiger partial charge in [0.25, 0.3) is 0 Å². The Labute approximate surface area is 94.3 Å². The van der Waals surface area contributed by atoms with Gasteiger partial charge in [0.1, 0.15) is 0 Å². The fourth-order valence-corrected chi connectivity index (χ4v) is 1.89. The van der Waals surface area contributed by atoms with Gasteiger partial charge in [-0.25, -0.2) is 0 Å². The van der Waals surface area contributed by atoms with E-state index in [-0.39, 0.29) is 12.5 Å². The molecule has 0 heterocycles. The molecule has 0 bridgehead atoms. The minimum Gasteiger partial charge on any atom is -0.396 e. The molecule has 0 aliphatic carbocycles. The summed E-state index contributed by atoms with van der Waals surface area (Å²) >= 11 is 3.50. The predicted octanol–water partition coefficient (Wildman–Crippen LogP) is 3.67. The smallest absolute Gasteiger partial charge is 0.0497 e. The first-order valence-electron chi connectivity index (χ1n) is 4.95. The third kappa shape index (κ3) is 2.82. The number of aliphatic hydroxyl groups excluding tert-OH is 1. The lowest BCUT2D eigenvalue weighted by molar-refractivity contribution is 0.273. The summed E-state index contributed by atoms with van der Waals surface area (Å²) in [6, 6.07) is 6.39. The van der Waals surface area contributed by atoms with Gasteiger partial charge in [-0.2, -0.15) is 0 Å². The Bertz CT molecular complexity index is 307. The standard InChI is InChI=1S/C12H17BrO/c1-8(2)10-4-11(9(3)7-14)6-12(13)5-10/h4-6,8-9,14H,7H2,1-3H3. The van der Waals surface area contributed by atoms with E-state index in [9.17, 15) is 0 Å². The van der Waals surface area contributed by atoms with Gasteiger partial charge in [0.05, 0.1) is 0 Å². The van der Waals surface area contributed by atoms with E-state index in [1.54, 1.807) is 0 Å². The average molecular weight is 257 g/mol. The van der Waals surface area contributed by atoms with Crippen molar-refractivity contribution in [3.05, 3.63) is 33.8 Å². The molecule has 1 aromatic rings. The van der Waals surface area contributed by atoms with E-state index in [4.69, 9.17) is 5.11 Å². The highest BCUT2D eigenvalue weighted by Crippen LogP contribution is 2.25. The second-order valence-electron chi connectivity index (χ2n) is 4.06. The van der Waals surface area contributed by atoms with E-state index in [2.05, 4.69) is 48.0 Å². The van der Waals surface area contributed by atoms with E-state index < -0.39 is 0 Å². The molecular formula is C12H17BrO. The summed E-state index contributed by atoms with van der Waals surface area (Å²) < 4.78 is 1.10. The third-order valence-corrected chi connectivity index (χ3v) is 2.91. The highest BCUT2D eigenvalue weighted by molar-refractivity contribution is 9.10. The van der Waals surface area contributed by atoms with Crippen molar-refractivity contribution in [1.82, 2.24) is 0 Å². The highest BCUT2D eigenvalue weighted by atomic mass is 79.9. The van der Waals surface area contributed by atoms with Gasteiger partial charge < -0.3 is 5.11 Å². The van der Waals surface area contributed by atoms with Crippen LogP contribution < -0.4 is 0 Å². The molecule has 0 fully saturated rings. The Hall–Kier alpha value is -0.340. The Kier molecular flexibility index (Phi) is 4.14.